The van der Waals surface area contributed by atoms with E-state index in [2.05, 4.69) is 5.10 Å². The van der Waals surface area contributed by atoms with Crippen LogP contribution in [0.2, 0.25) is 0 Å². The number of nitrogens with zero attached hydrogens (tertiary/aromatic N) is 3. The van der Waals surface area contributed by atoms with Crippen LogP contribution in [0.15, 0.2) is 30.3 Å². The number of carbonyl (C=O) groups is 2. The molecule has 0 aliphatic carbocycles. The molecule has 2 aromatic rings. The fraction of sp³-hybridized carbons (Fsp3) is 0.353. The molecule has 24 heavy (non-hydrogen) atoms. The molecule has 0 spiro atoms. The van der Waals surface area contributed by atoms with Gasteiger partial charge in [-0.05, 0) is 50.1 Å². The van der Waals surface area contributed by atoms with E-state index in [9.17, 15) is 14.7 Å². The summed E-state index contributed by atoms with van der Waals surface area (Å²) in [6.45, 7) is 2.30. The fourth-order valence-corrected chi connectivity index (χ4v) is 2.98. The average molecular weight is 329 g/mol. The van der Waals surface area contributed by atoms with E-state index in [-0.39, 0.29) is 11.6 Å². The standard InChI is InChI=1S/C17H19N3O4/c1-11-10-14(16(21)19-9-3-4-15(19)17(22)23)18-20(11)12-5-7-13(24-2)8-6-12/h5-8,10,15H,3-4,9H2,1-2H3,(H,22,23)/t15-/m0/s1. The Morgan fingerprint density at radius 2 is 2.00 bits per heavy atom. The summed E-state index contributed by atoms with van der Waals surface area (Å²) in [6, 6.07) is 8.26. The number of carboxylic acids is 1. The van der Waals surface area contributed by atoms with Crippen molar-refractivity contribution < 1.29 is 19.4 Å². The molecule has 1 saturated heterocycles. The number of rotatable bonds is 4. The highest BCUT2D eigenvalue weighted by molar-refractivity contribution is 5.95. The van der Waals surface area contributed by atoms with Crippen LogP contribution in [-0.2, 0) is 4.79 Å². The minimum atomic E-state index is -0.966. The van der Waals surface area contributed by atoms with Gasteiger partial charge < -0.3 is 14.7 Å². The summed E-state index contributed by atoms with van der Waals surface area (Å²) < 4.78 is 6.80. The second kappa shape index (κ2) is 6.35. The molecule has 126 valence electrons. The maximum atomic E-state index is 12.6. The van der Waals surface area contributed by atoms with Crippen molar-refractivity contribution in [2.45, 2.75) is 25.8 Å². The lowest BCUT2D eigenvalue weighted by molar-refractivity contribution is -0.141. The molecule has 0 unspecified atom stereocenters. The van der Waals surface area contributed by atoms with E-state index in [4.69, 9.17) is 4.74 Å². The lowest BCUT2D eigenvalue weighted by Gasteiger charge is -2.20. The third-order valence-corrected chi connectivity index (χ3v) is 4.22. The molecule has 1 aliphatic rings. The second-order valence-electron chi connectivity index (χ2n) is 5.78. The van der Waals surface area contributed by atoms with Crippen molar-refractivity contribution in [3.63, 3.8) is 0 Å². The number of carbonyl (C=O) groups excluding carboxylic acids is 1. The number of aryl methyl sites for hydroxylation is 1. The summed E-state index contributed by atoms with van der Waals surface area (Å²) in [5, 5.41) is 13.6. The summed E-state index contributed by atoms with van der Waals surface area (Å²) in [5.41, 5.74) is 1.87. The van der Waals surface area contributed by atoms with Crippen LogP contribution >= 0.6 is 0 Å². The topological polar surface area (TPSA) is 84.7 Å². The van der Waals surface area contributed by atoms with Gasteiger partial charge in [0.05, 0.1) is 12.8 Å². The van der Waals surface area contributed by atoms with Gasteiger partial charge in [-0.25, -0.2) is 9.48 Å². The molecule has 1 aromatic carbocycles. The highest BCUT2D eigenvalue weighted by atomic mass is 16.5. The third kappa shape index (κ3) is 2.84. The Morgan fingerprint density at radius 3 is 2.62 bits per heavy atom. The van der Waals surface area contributed by atoms with E-state index >= 15 is 0 Å². The fourth-order valence-electron chi connectivity index (χ4n) is 2.98. The maximum absolute atomic E-state index is 12.6. The zero-order chi connectivity index (χ0) is 17.3. The largest absolute Gasteiger partial charge is 0.497 e. The maximum Gasteiger partial charge on any atom is 0.326 e. The molecule has 0 bridgehead atoms. The zero-order valence-corrected chi connectivity index (χ0v) is 13.6. The van der Waals surface area contributed by atoms with Gasteiger partial charge >= 0.3 is 5.97 Å². The highest BCUT2D eigenvalue weighted by Crippen LogP contribution is 2.22. The van der Waals surface area contributed by atoms with E-state index < -0.39 is 12.0 Å². The van der Waals surface area contributed by atoms with Gasteiger partial charge in [-0.15, -0.1) is 0 Å². The van der Waals surface area contributed by atoms with Crippen molar-refractivity contribution in [1.29, 1.82) is 0 Å². The first-order valence-corrected chi connectivity index (χ1v) is 7.76. The van der Waals surface area contributed by atoms with Crippen LogP contribution in [-0.4, -0.2) is 51.4 Å². The predicted molar refractivity (Wildman–Crippen MR) is 86.5 cm³/mol. The van der Waals surface area contributed by atoms with Crippen LogP contribution in [0.1, 0.15) is 29.0 Å². The number of methoxy groups -OCH3 is 1. The van der Waals surface area contributed by atoms with E-state index in [1.54, 1.807) is 17.9 Å². The van der Waals surface area contributed by atoms with Crippen molar-refractivity contribution >= 4 is 11.9 Å². The predicted octanol–water partition coefficient (Wildman–Crippen LogP) is 1.88. The molecule has 7 heteroatoms. The summed E-state index contributed by atoms with van der Waals surface area (Å²) in [5.74, 6) is -0.566. The Balaban J connectivity index is 1.87. The Hall–Kier alpha value is -2.83. The van der Waals surface area contributed by atoms with Gasteiger partial charge in [0, 0.05) is 12.2 Å². The molecule has 1 aliphatic heterocycles. The van der Waals surface area contributed by atoms with Crippen LogP contribution in [0.25, 0.3) is 5.69 Å². The third-order valence-electron chi connectivity index (χ3n) is 4.22. The van der Waals surface area contributed by atoms with Gasteiger partial charge in [0.2, 0.25) is 0 Å². The summed E-state index contributed by atoms with van der Waals surface area (Å²) in [7, 11) is 1.60. The van der Waals surface area contributed by atoms with E-state index in [0.29, 0.717) is 19.4 Å². The van der Waals surface area contributed by atoms with Crippen molar-refractivity contribution in [2.24, 2.45) is 0 Å². The lowest BCUT2D eigenvalue weighted by Crippen LogP contribution is -2.40. The SMILES string of the molecule is COc1ccc(-n2nc(C(=O)N3CCC[C@H]3C(=O)O)cc2C)cc1. The van der Waals surface area contributed by atoms with Crippen LogP contribution in [0.3, 0.4) is 0 Å². The summed E-state index contributed by atoms with van der Waals surface area (Å²) >= 11 is 0. The molecular formula is C17H19N3O4. The van der Waals surface area contributed by atoms with Gasteiger partial charge in [0.1, 0.15) is 11.8 Å². The monoisotopic (exact) mass is 329 g/mol. The quantitative estimate of drug-likeness (QED) is 0.926. The first-order valence-electron chi connectivity index (χ1n) is 7.76. The minimum absolute atomic E-state index is 0.261. The second-order valence-corrected chi connectivity index (χ2v) is 5.78. The molecule has 1 atom stereocenters. The van der Waals surface area contributed by atoms with Crippen molar-refractivity contribution in [2.75, 3.05) is 13.7 Å². The van der Waals surface area contributed by atoms with Crippen molar-refractivity contribution in [3.8, 4) is 11.4 Å². The van der Waals surface area contributed by atoms with Gasteiger partial charge in [-0.1, -0.05) is 0 Å². The van der Waals surface area contributed by atoms with Gasteiger partial charge in [-0.2, -0.15) is 5.10 Å². The number of likely N-dealkylation sites (tertiary alicyclic amines) is 1. The Labute approximate surface area is 139 Å². The number of hydrogen-bond acceptors (Lipinski definition) is 4. The Morgan fingerprint density at radius 1 is 1.29 bits per heavy atom. The minimum Gasteiger partial charge on any atom is -0.497 e. The normalized spacial score (nSPS) is 17.1. The van der Waals surface area contributed by atoms with Gasteiger partial charge in [-0.3, -0.25) is 4.79 Å². The highest BCUT2D eigenvalue weighted by Gasteiger charge is 2.35. The van der Waals surface area contributed by atoms with Crippen LogP contribution in [0.4, 0.5) is 0 Å². The first-order chi connectivity index (χ1) is 11.5. The number of benzene rings is 1. The van der Waals surface area contributed by atoms with Crippen molar-refractivity contribution in [3.05, 3.63) is 41.7 Å². The molecule has 1 N–H and O–H groups in total. The molecule has 0 radical (unpaired) electrons. The van der Waals surface area contributed by atoms with Crippen LogP contribution < -0.4 is 4.74 Å². The van der Waals surface area contributed by atoms with Gasteiger partial charge in [0.25, 0.3) is 5.91 Å². The van der Waals surface area contributed by atoms with Crippen molar-refractivity contribution in [1.82, 2.24) is 14.7 Å². The number of carboxylic acid groups (broad SMARTS) is 1. The van der Waals surface area contributed by atoms with E-state index in [1.807, 2.05) is 31.2 Å². The number of aromatic nitrogens is 2. The van der Waals surface area contributed by atoms with Crippen LogP contribution in [0, 0.1) is 6.92 Å². The smallest absolute Gasteiger partial charge is 0.326 e. The van der Waals surface area contributed by atoms with Gasteiger partial charge in [0.15, 0.2) is 5.69 Å². The summed E-state index contributed by atoms with van der Waals surface area (Å²) in [6.07, 6.45) is 1.18. The molecule has 1 aromatic heterocycles. The molecule has 3 rings (SSSR count). The number of hydrogen-bond donors (Lipinski definition) is 1. The number of ether oxygens (including phenoxy) is 1. The number of amides is 1. The molecule has 2 heterocycles. The molecule has 1 fully saturated rings. The number of aliphatic carboxylic acids is 1. The Bertz CT molecular complexity index is 767. The van der Waals surface area contributed by atoms with E-state index in [0.717, 1.165) is 17.1 Å². The molecule has 0 saturated carbocycles. The molecule has 1 amide bonds. The van der Waals surface area contributed by atoms with Crippen LogP contribution in [0.5, 0.6) is 5.75 Å². The Kier molecular flexibility index (Phi) is 4.24. The lowest BCUT2D eigenvalue weighted by atomic mass is 10.2. The van der Waals surface area contributed by atoms with E-state index in [1.165, 1.54) is 4.90 Å². The first kappa shape index (κ1) is 16.0. The zero-order valence-electron chi connectivity index (χ0n) is 13.6. The molecular weight excluding hydrogens is 310 g/mol. The molecule has 7 nitrogen and oxygen atoms in total. The summed E-state index contributed by atoms with van der Waals surface area (Å²) in [4.78, 5) is 25.3. The average Bonchev–Trinajstić information content (AvgIpc) is 3.21.